The van der Waals surface area contributed by atoms with Gasteiger partial charge in [-0.2, -0.15) is 0 Å². The molecule has 1 amide bonds. The predicted molar refractivity (Wildman–Crippen MR) is 171 cm³/mol. The van der Waals surface area contributed by atoms with E-state index in [-0.39, 0.29) is 43.0 Å². The Labute approximate surface area is 269 Å². The smallest absolute Gasteiger partial charge is 0.329 e. The van der Waals surface area contributed by atoms with Crippen LogP contribution in [0.25, 0.3) is 0 Å². The molecule has 10 nitrogen and oxygen atoms in total. The first-order valence-corrected chi connectivity index (χ1v) is 16.3. The molecule has 10 heteroatoms. The van der Waals surface area contributed by atoms with Crippen LogP contribution < -0.4 is 0 Å². The van der Waals surface area contributed by atoms with E-state index >= 15 is 0 Å². The third-order valence-corrected chi connectivity index (χ3v) is 8.70. The van der Waals surface area contributed by atoms with Gasteiger partial charge in [-0.1, -0.05) is 51.2 Å². The van der Waals surface area contributed by atoms with Crippen molar-refractivity contribution in [2.24, 2.45) is 17.8 Å². The number of hydrogen-bond acceptors (Lipinski definition) is 9. The Morgan fingerprint density at radius 1 is 1.02 bits per heavy atom. The van der Waals surface area contributed by atoms with Crippen LogP contribution in [0.2, 0.25) is 0 Å². The lowest BCUT2D eigenvalue weighted by Gasteiger charge is -2.42. The van der Waals surface area contributed by atoms with Crippen molar-refractivity contribution in [2.75, 3.05) is 27.4 Å². The molecular weight excluding hydrogens is 578 g/mol. The number of methoxy groups -OCH3 is 2. The van der Waals surface area contributed by atoms with Gasteiger partial charge in [0.25, 0.3) is 11.7 Å². The number of carbonyl (C=O) groups excluding carboxylic acids is 4. The Hall–Kier alpha value is -2.66. The van der Waals surface area contributed by atoms with Gasteiger partial charge in [0.05, 0.1) is 18.3 Å². The lowest BCUT2D eigenvalue weighted by Crippen LogP contribution is -2.60. The van der Waals surface area contributed by atoms with Gasteiger partial charge in [0.2, 0.25) is 5.79 Å². The van der Waals surface area contributed by atoms with Crippen LogP contribution >= 0.6 is 0 Å². The first-order valence-electron chi connectivity index (χ1n) is 16.3. The molecule has 254 valence electrons. The maximum atomic E-state index is 13.5. The van der Waals surface area contributed by atoms with Gasteiger partial charge >= 0.3 is 5.97 Å². The Morgan fingerprint density at radius 3 is 2.38 bits per heavy atom. The average Bonchev–Trinajstić information content (AvgIpc) is 3.00. The summed E-state index contributed by atoms with van der Waals surface area (Å²) in [5.74, 6) is -5.14. The van der Waals surface area contributed by atoms with Gasteiger partial charge in [-0.25, -0.2) is 4.79 Å². The summed E-state index contributed by atoms with van der Waals surface area (Å²) in [7, 11) is 3.12. The molecule has 2 aliphatic heterocycles. The van der Waals surface area contributed by atoms with Crippen LogP contribution in [0.4, 0.5) is 0 Å². The summed E-state index contributed by atoms with van der Waals surface area (Å²) in [6.45, 7) is 11.5. The maximum absolute atomic E-state index is 13.5. The zero-order chi connectivity index (χ0) is 33.7. The van der Waals surface area contributed by atoms with Gasteiger partial charge in [-0.05, 0) is 70.8 Å². The summed E-state index contributed by atoms with van der Waals surface area (Å²) in [4.78, 5) is 52.8. The van der Waals surface area contributed by atoms with Crippen LogP contribution in [0.15, 0.2) is 36.0 Å². The molecular formula is C35H55NO9. The second-order valence-electron chi connectivity index (χ2n) is 12.9. The van der Waals surface area contributed by atoms with Crippen molar-refractivity contribution in [2.45, 2.75) is 117 Å². The van der Waals surface area contributed by atoms with E-state index in [2.05, 4.69) is 13.0 Å². The molecule has 2 unspecified atom stereocenters. The number of carbonyl (C=O) groups is 4. The van der Waals surface area contributed by atoms with Crippen LogP contribution in [0, 0.1) is 17.8 Å². The summed E-state index contributed by atoms with van der Waals surface area (Å²) in [6, 6.07) is -0.860. The summed E-state index contributed by atoms with van der Waals surface area (Å²) in [5, 5.41) is 11.5. The highest BCUT2D eigenvalue weighted by molar-refractivity contribution is 6.39. The van der Waals surface area contributed by atoms with Crippen LogP contribution in [0.5, 0.6) is 0 Å². The summed E-state index contributed by atoms with van der Waals surface area (Å²) in [6.07, 6.45) is 12.6. The van der Waals surface area contributed by atoms with Gasteiger partial charge in [-0.15, -0.1) is 0 Å². The number of piperidine rings is 1. The third-order valence-electron chi connectivity index (χ3n) is 8.70. The molecule has 0 aromatic carbocycles. The minimum Gasteiger partial charge on any atom is -0.461 e. The zero-order valence-corrected chi connectivity index (χ0v) is 28.5. The number of aliphatic hydroxyl groups is 1. The fourth-order valence-corrected chi connectivity index (χ4v) is 5.91. The number of allylic oxidation sites excluding steroid dienone is 5. The molecule has 2 aliphatic rings. The number of hydrogen-bond donors (Lipinski definition) is 1. The lowest BCUT2D eigenvalue weighted by atomic mass is 9.85. The monoisotopic (exact) mass is 633 g/mol. The van der Waals surface area contributed by atoms with Crippen molar-refractivity contribution in [1.82, 2.24) is 4.90 Å². The molecule has 2 rings (SSSR count). The summed E-state index contributed by atoms with van der Waals surface area (Å²) in [5.41, 5.74) is 0.932. The molecule has 2 fully saturated rings. The van der Waals surface area contributed by atoms with Crippen molar-refractivity contribution < 1.29 is 43.2 Å². The maximum Gasteiger partial charge on any atom is 0.329 e. The SMILES string of the molecule is COCC(=O)[C@H](C)C[C@H](C)/C=C/C=C/C=C(\C)[C@H](CC1CC[C@@H](C)[C@](O)(C(=O)C(=O)N2CCCCC2C(=O)OC(C)C)O1)OC. The minimum atomic E-state index is -2.30. The lowest BCUT2D eigenvalue weighted by molar-refractivity contribution is -0.265. The van der Waals surface area contributed by atoms with E-state index in [0.717, 1.165) is 18.4 Å². The van der Waals surface area contributed by atoms with Crippen molar-refractivity contribution in [3.8, 4) is 0 Å². The highest BCUT2D eigenvalue weighted by Crippen LogP contribution is 2.36. The van der Waals surface area contributed by atoms with Gasteiger partial charge < -0.3 is 29.0 Å². The highest BCUT2D eigenvalue weighted by Gasteiger charge is 2.52. The first kappa shape index (κ1) is 38.5. The molecule has 2 heterocycles. The minimum absolute atomic E-state index is 0.0653. The third kappa shape index (κ3) is 11.3. The van der Waals surface area contributed by atoms with E-state index in [4.69, 9.17) is 18.9 Å². The standard InChI is InChI=1S/C35H55NO9/c1-23(2)44-34(40)29-16-12-13-19-36(29)33(39)32(38)35(41)27(6)17-18-28(45-35)21-31(43-8)25(4)15-11-9-10-14-24(3)20-26(5)30(37)22-42-7/h9-11,14-15,23-24,26-29,31,41H,12-13,16-22H2,1-8H3/b11-9+,14-10+,25-15+/t24-,26-,27-,28?,29?,31+,35-/m1/s1. The largest absolute Gasteiger partial charge is 0.461 e. The zero-order valence-electron chi connectivity index (χ0n) is 28.5. The fraction of sp³-hybridized carbons (Fsp3) is 0.714. The van der Waals surface area contributed by atoms with Gasteiger partial charge in [0.1, 0.15) is 12.6 Å². The number of rotatable bonds is 16. The normalized spacial score (nSPS) is 26.7. The number of esters is 1. The van der Waals surface area contributed by atoms with E-state index in [1.165, 1.54) is 12.0 Å². The molecule has 0 saturated carbocycles. The molecule has 7 atom stereocenters. The summed E-state index contributed by atoms with van der Waals surface area (Å²) >= 11 is 0. The van der Waals surface area contributed by atoms with Crippen molar-refractivity contribution in [3.63, 3.8) is 0 Å². The van der Waals surface area contributed by atoms with E-state index in [0.29, 0.717) is 32.1 Å². The average molecular weight is 634 g/mol. The number of nitrogens with zero attached hydrogens (tertiary/aromatic N) is 1. The van der Waals surface area contributed by atoms with Crippen molar-refractivity contribution >= 4 is 23.4 Å². The van der Waals surface area contributed by atoms with E-state index in [1.807, 2.05) is 38.2 Å². The van der Waals surface area contributed by atoms with Crippen LogP contribution in [-0.2, 0) is 38.1 Å². The molecule has 0 spiro atoms. The van der Waals surface area contributed by atoms with Gasteiger partial charge in [-0.3, -0.25) is 14.4 Å². The van der Waals surface area contributed by atoms with E-state index in [9.17, 15) is 24.3 Å². The Kier molecular flexibility index (Phi) is 15.8. The van der Waals surface area contributed by atoms with Crippen molar-refractivity contribution in [1.29, 1.82) is 0 Å². The second-order valence-corrected chi connectivity index (χ2v) is 12.9. The van der Waals surface area contributed by atoms with Crippen LogP contribution in [0.1, 0.15) is 86.5 Å². The predicted octanol–water partition coefficient (Wildman–Crippen LogP) is 4.73. The molecule has 0 bridgehead atoms. The van der Waals surface area contributed by atoms with Gasteiger partial charge in [0, 0.05) is 39.0 Å². The fourth-order valence-electron chi connectivity index (χ4n) is 5.91. The number of Topliss-reactive ketones (excluding diaryl/α,β-unsaturated/α-hetero) is 2. The Balaban J connectivity index is 2.04. The van der Waals surface area contributed by atoms with E-state index in [1.54, 1.807) is 27.9 Å². The van der Waals surface area contributed by atoms with Crippen LogP contribution in [-0.4, -0.2) is 91.0 Å². The molecule has 0 radical (unpaired) electrons. The van der Waals surface area contributed by atoms with Gasteiger partial charge in [0.15, 0.2) is 5.78 Å². The summed E-state index contributed by atoms with van der Waals surface area (Å²) < 4.78 is 22.0. The molecule has 1 N–H and O–H groups in total. The number of amides is 1. The van der Waals surface area contributed by atoms with Crippen LogP contribution in [0.3, 0.4) is 0 Å². The number of ether oxygens (including phenoxy) is 4. The van der Waals surface area contributed by atoms with E-state index < -0.39 is 41.5 Å². The molecule has 0 aromatic heterocycles. The van der Waals surface area contributed by atoms with Crippen molar-refractivity contribution in [3.05, 3.63) is 36.0 Å². The Morgan fingerprint density at radius 2 is 1.73 bits per heavy atom. The molecule has 2 saturated heterocycles. The topological polar surface area (TPSA) is 129 Å². The molecule has 0 aromatic rings. The number of ketones is 2. The quantitative estimate of drug-likeness (QED) is 0.146. The Bertz CT molecular complexity index is 1100. The second kappa shape index (κ2) is 18.5. The number of likely N-dealkylation sites (tertiary alicyclic amines) is 1. The molecule has 0 aliphatic carbocycles. The highest BCUT2D eigenvalue weighted by atomic mass is 16.6. The molecule has 45 heavy (non-hydrogen) atoms. The first-order chi connectivity index (χ1) is 21.2.